The number of nitrogens with zero attached hydrogens (tertiary/aromatic N) is 2. The highest BCUT2D eigenvalue weighted by Gasteiger charge is 2.25. The van der Waals surface area contributed by atoms with Crippen molar-refractivity contribution in [2.24, 2.45) is 0 Å². The summed E-state index contributed by atoms with van der Waals surface area (Å²) < 4.78 is 0. The Kier molecular flexibility index (Phi) is 4.43. The van der Waals surface area contributed by atoms with Crippen molar-refractivity contribution < 1.29 is 4.79 Å². The Hall–Kier alpha value is -1.55. The first kappa shape index (κ1) is 13.9. The zero-order valence-electron chi connectivity index (χ0n) is 11.8. The second-order valence-corrected chi connectivity index (χ2v) is 5.30. The lowest BCUT2D eigenvalue weighted by molar-refractivity contribution is -0.133. The fraction of sp³-hybridized carbons (Fsp3) is 0.533. The molecule has 1 aliphatic rings. The predicted octanol–water partition coefficient (Wildman–Crippen LogP) is 1.36. The second kappa shape index (κ2) is 6.06. The van der Waals surface area contributed by atoms with E-state index < -0.39 is 0 Å². The lowest BCUT2D eigenvalue weighted by Crippen LogP contribution is -2.53. The van der Waals surface area contributed by atoms with Crippen LogP contribution in [0, 0.1) is 0 Å². The topological polar surface area (TPSA) is 49.6 Å². The molecule has 0 radical (unpaired) electrons. The highest BCUT2D eigenvalue weighted by molar-refractivity contribution is 5.79. The van der Waals surface area contributed by atoms with Crippen molar-refractivity contribution in [2.75, 3.05) is 32.4 Å². The van der Waals surface area contributed by atoms with Crippen LogP contribution in [0.2, 0.25) is 0 Å². The molecule has 1 amide bonds. The van der Waals surface area contributed by atoms with Gasteiger partial charge in [0.2, 0.25) is 5.91 Å². The molecule has 2 N–H and O–H groups in total. The Morgan fingerprint density at radius 1 is 1.32 bits per heavy atom. The number of nitrogens with two attached hydrogens (primary N) is 1. The molecule has 4 nitrogen and oxygen atoms in total. The van der Waals surface area contributed by atoms with Crippen molar-refractivity contribution >= 4 is 11.6 Å². The van der Waals surface area contributed by atoms with Gasteiger partial charge in [-0.15, -0.1) is 0 Å². The number of carbonyl (C=O) groups excluding carboxylic acids is 1. The van der Waals surface area contributed by atoms with Gasteiger partial charge in [0, 0.05) is 31.4 Å². The summed E-state index contributed by atoms with van der Waals surface area (Å²) in [6.07, 6.45) is 1.56. The molecule has 1 aromatic rings. The van der Waals surface area contributed by atoms with Crippen LogP contribution in [-0.4, -0.2) is 48.4 Å². The summed E-state index contributed by atoms with van der Waals surface area (Å²) in [6, 6.07) is 8.05. The van der Waals surface area contributed by atoms with E-state index in [4.69, 9.17) is 5.73 Å². The van der Waals surface area contributed by atoms with Gasteiger partial charge in [0.05, 0.1) is 6.42 Å². The van der Waals surface area contributed by atoms with E-state index in [-0.39, 0.29) is 5.91 Å². The van der Waals surface area contributed by atoms with Gasteiger partial charge in [-0.1, -0.05) is 19.1 Å². The number of nitrogen functional groups attached to an aromatic ring is 1. The van der Waals surface area contributed by atoms with Crippen LogP contribution in [0.25, 0.3) is 0 Å². The molecule has 0 saturated carbocycles. The van der Waals surface area contributed by atoms with Crippen molar-refractivity contribution in [3.63, 3.8) is 0 Å². The van der Waals surface area contributed by atoms with Gasteiger partial charge in [-0.3, -0.25) is 9.69 Å². The third kappa shape index (κ3) is 3.47. The molecule has 1 saturated heterocycles. The van der Waals surface area contributed by atoms with Gasteiger partial charge in [0.1, 0.15) is 0 Å². The van der Waals surface area contributed by atoms with Gasteiger partial charge < -0.3 is 10.6 Å². The summed E-state index contributed by atoms with van der Waals surface area (Å²) in [5.41, 5.74) is 7.42. The second-order valence-electron chi connectivity index (χ2n) is 5.30. The normalized spacial score (nSPS) is 20.5. The van der Waals surface area contributed by atoms with E-state index in [1.165, 1.54) is 0 Å². The van der Waals surface area contributed by atoms with Crippen LogP contribution in [0.4, 0.5) is 5.69 Å². The zero-order valence-corrected chi connectivity index (χ0v) is 11.8. The van der Waals surface area contributed by atoms with Gasteiger partial charge in [-0.05, 0) is 31.2 Å². The van der Waals surface area contributed by atoms with Crippen LogP contribution in [-0.2, 0) is 11.2 Å². The summed E-state index contributed by atoms with van der Waals surface area (Å²) >= 11 is 0. The molecule has 0 aliphatic carbocycles. The number of amides is 1. The summed E-state index contributed by atoms with van der Waals surface area (Å²) in [4.78, 5) is 16.6. The molecular weight excluding hydrogens is 238 g/mol. The van der Waals surface area contributed by atoms with Gasteiger partial charge in [-0.2, -0.15) is 0 Å². The summed E-state index contributed by atoms with van der Waals surface area (Å²) in [5.74, 6) is 0.219. The predicted molar refractivity (Wildman–Crippen MR) is 77.8 cm³/mol. The number of piperazine rings is 1. The Bertz CT molecular complexity index is 430. The van der Waals surface area contributed by atoms with E-state index in [2.05, 4.69) is 18.9 Å². The Morgan fingerprint density at radius 2 is 2.00 bits per heavy atom. The highest BCUT2D eigenvalue weighted by atomic mass is 16.2. The third-order valence-corrected chi connectivity index (χ3v) is 3.94. The lowest BCUT2D eigenvalue weighted by Gasteiger charge is -2.39. The SMILES string of the molecule is CCC1CN(C(=O)Cc2ccc(N)cc2)CCN1C. The molecule has 19 heavy (non-hydrogen) atoms. The molecule has 0 bridgehead atoms. The maximum Gasteiger partial charge on any atom is 0.227 e. The lowest BCUT2D eigenvalue weighted by atomic mass is 10.1. The molecule has 0 aromatic heterocycles. The standard InChI is InChI=1S/C15H23N3O/c1-3-14-11-18(9-8-17(14)2)15(19)10-12-4-6-13(16)7-5-12/h4-7,14H,3,8-11,16H2,1-2H3. The Morgan fingerprint density at radius 3 is 2.63 bits per heavy atom. The summed E-state index contributed by atoms with van der Waals surface area (Å²) in [5, 5.41) is 0. The molecule has 1 heterocycles. The maximum atomic E-state index is 12.3. The zero-order chi connectivity index (χ0) is 13.8. The van der Waals surface area contributed by atoms with E-state index in [1.807, 2.05) is 29.2 Å². The first-order valence-electron chi connectivity index (χ1n) is 6.92. The van der Waals surface area contributed by atoms with Crippen LogP contribution in [0.5, 0.6) is 0 Å². The number of anilines is 1. The quantitative estimate of drug-likeness (QED) is 0.836. The minimum absolute atomic E-state index is 0.219. The molecule has 1 unspecified atom stereocenters. The average Bonchev–Trinajstić information content (AvgIpc) is 2.42. The number of carbonyl (C=O) groups is 1. The van der Waals surface area contributed by atoms with E-state index in [0.717, 1.165) is 37.3 Å². The molecular formula is C15H23N3O. The first-order chi connectivity index (χ1) is 9.10. The number of rotatable bonds is 3. The molecule has 4 heteroatoms. The van der Waals surface area contributed by atoms with Gasteiger partial charge in [0.15, 0.2) is 0 Å². The fourth-order valence-corrected chi connectivity index (χ4v) is 2.54. The minimum atomic E-state index is 0.219. The number of benzene rings is 1. The average molecular weight is 261 g/mol. The molecule has 1 fully saturated rings. The van der Waals surface area contributed by atoms with Gasteiger partial charge >= 0.3 is 0 Å². The highest BCUT2D eigenvalue weighted by Crippen LogP contribution is 2.13. The first-order valence-corrected chi connectivity index (χ1v) is 6.92. The van der Waals surface area contributed by atoms with Crippen molar-refractivity contribution in [2.45, 2.75) is 25.8 Å². The van der Waals surface area contributed by atoms with Gasteiger partial charge in [0.25, 0.3) is 0 Å². The molecule has 104 valence electrons. The van der Waals surface area contributed by atoms with Crippen molar-refractivity contribution in [3.8, 4) is 0 Å². The smallest absolute Gasteiger partial charge is 0.227 e. The minimum Gasteiger partial charge on any atom is -0.399 e. The van der Waals surface area contributed by atoms with E-state index in [0.29, 0.717) is 12.5 Å². The monoisotopic (exact) mass is 261 g/mol. The largest absolute Gasteiger partial charge is 0.399 e. The number of hydrogen-bond acceptors (Lipinski definition) is 3. The Balaban J connectivity index is 1.94. The maximum absolute atomic E-state index is 12.3. The summed E-state index contributed by atoms with van der Waals surface area (Å²) in [6.45, 7) is 4.82. The molecule has 1 aliphatic heterocycles. The molecule has 2 rings (SSSR count). The number of hydrogen-bond donors (Lipinski definition) is 1. The molecule has 0 spiro atoms. The van der Waals surface area contributed by atoms with Crippen LogP contribution >= 0.6 is 0 Å². The van der Waals surface area contributed by atoms with Crippen molar-refractivity contribution in [1.29, 1.82) is 0 Å². The van der Waals surface area contributed by atoms with Crippen LogP contribution < -0.4 is 5.73 Å². The van der Waals surface area contributed by atoms with Crippen LogP contribution in [0.1, 0.15) is 18.9 Å². The molecule has 1 aromatic carbocycles. The van der Waals surface area contributed by atoms with Crippen LogP contribution in [0.15, 0.2) is 24.3 Å². The van der Waals surface area contributed by atoms with Crippen molar-refractivity contribution in [1.82, 2.24) is 9.80 Å². The van der Waals surface area contributed by atoms with E-state index in [9.17, 15) is 4.79 Å². The van der Waals surface area contributed by atoms with Crippen LogP contribution in [0.3, 0.4) is 0 Å². The molecule has 1 atom stereocenters. The van der Waals surface area contributed by atoms with Crippen molar-refractivity contribution in [3.05, 3.63) is 29.8 Å². The van der Waals surface area contributed by atoms with Gasteiger partial charge in [-0.25, -0.2) is 0 Å². The number of likely N-dealkylation sites (N-methyl/N-ethyl adjacent to an activating group) is 1. The Labute approximate surface area is 115 Å². The van der Waals surface area contributed by atoms with E-state index in [1.54, 1.807) is 0 Å². The van der Waals surface area contributed by atoms with E-state index >= 15 is 0 Å². The third-order valence-electron chi connectivity index (χ3n) is 3.94. The fourth-order valence-electron chi connectivity index (χ4n) is 2.54. The summed E-state index contributed by atoms with van der Waals surface area (Å²) in [7, 11) is 2.13.